The Balaban J connectivity index is 3.03. The maximum Gasteiger partial charge on any atom is 0.313 e. The highest BCUT2D eigenvalue weighted by atomic mass is 32.2. The third kappa shape index (κ3) is 3.48. The van der Waals surface area contributed by atoms with Crippen LogP contribution >= 0.6 is 11.8 Å². The molecule has 0 amide bonds. The molecule has 1 unspecified atom stereocenters. The molecule has 0 aromatic carbocycles. The quantitative estimate of drug-likeness (QED) is 0.806. The average Bonchev–Trinajstić information content (AvgIpc) is 2.68. The summed E-state index contributed by atoms with van der Waals surface area (Å²) in [5.74, 6) is 0.897. The van der Waals surface area contributed by atoms with Crippen LogP contribution in [0.2, 0.25) is 0 Å². The van der Waals surface area contributed by atoms with Crippen LogP contribution in [-0.4, -0.2) is 31.6 Å². The van der Waals surface area contributed by atoms with Crippen LogP contribution in [0.15, 0.2) is 5.16 Å². The van der Waals surface area contributed by atoms with E-state index in [9.17, 15) is 4.79 Å². The molecule has 1 heterocycles. The molecule has 6 heteroatoms. The molecule has 102 valence electrons. The van der Waals surface area contributed by atoms with Gasteiger partial charge in [0, 0.05) is 12.0 Å². The Bertz CT molecular complexity index is 415. The summed E-state index contributed by atoms with van der Waals surface area (Å²) in [6.07, 6.45) is 0. The molecule has 1 N–H and O–H groups in total. The number of aliphatic carboxylic acids is 1. The Morgan fingerprint density at radius 2 is 1.89 bits per heavy atom. The van der Waals surface area contributed by atoms with Gasteiger partial charge in [-0.2, -0.15) is 0 Å². The molecule has 0 saturated carbocycles. The van der Waals surface area contributed by atoms with Crippen molar-refractivity contribution < 1.29 is 9.90 Å². The number of nitrogens with zero attached hydrogens (tertiary/aromatic N) is 3. The molecule has 0 saturated heterocycles. The summed E-state index contributed by atoms with van der Waals surface area (Å²) in [5, 5.41) is 17.8. The summed E-state index contributed by atoms with van der Waals surface area (Å²) in [5.41, 5.74) is 0. The van der Waals surface area contributed by atoms with Gasteiger partial charge in [0.2, 0.25) is 0 Å². The average molecular weight is 271 g/mol. The number of carbonyl (C=O) groups is 1. The minimum atomic E-state index is -0.836. The molecule has 0 fully saturated rings. The molecule has 1 aromatic heterocycles. The Labute approximate surface area is 112 Å². The van der Waals surface area contributed by atoms with E-state index in [0.29, 0.717) is 17.0 Å². The maximum atomic E-state index is 10.6. The molecule has 0 aliphatic carbocycles. The van der Waals surface area contributed by atoms with Crippen LogP contribution < -0.4 is 0 Å². The van der Waals surface area contributed by atoms with Crippen molar-refractivity contribution >= 4 is 17.7 Å². The van der Waals surface area contributed by atoms with E-state index >= 15 is 0 Å². The highest BCUT2D eigenvalue weighted by Crippen LogP contribution is 2.28. The monoisotopic (exact) mass is 271 g/mol. The van der Waals surface area contributed by atoms with Crippen molar-refractivity contribution in [1.29, 1.82) is 0 Å². The number of thioether (sulfide) groups is 1. The van der Waals surface area contributed by atoms with Gasteiger partial charge < -0.3 is 9.67 Å². The summed E-state index contributed by atoms with van der Waals surface area (Å²) < 4.78 is 2.04. The summed E-state index contributed by atoms with van der Waals surface area (Å²) in [6.45, 7) is 10.5. The number of aromatic nitrogens is 3. The first kappa shape index (κ1) is 15.0. The lowest BCUT2D eigenvalue weighted by molar-refractivity contribution is -0.133. The number of carboxylic acid groups (broad SMARTS) is 1. The summed E-state index contributed by atoms with van der Waals surface area (Å²) in [4.78, 5) is 10.6. The molecule has 0 aliphatic rings. The maximum absolute atomic E-state index is 10.6. The Kier molecular flexibility index (Phi) is 5.19. The number of hydrogen-bond donors (Lipinski definition) is 1. The molecular weight excluding hydrogens is 250 g/mol. The van der Waals surface area contributed by atoms with Gasteiger partial charge in [-0.1, -0.05) is 32.5 Å². The van der Waals surface area contributed by atoms with Crippen molar-refractivity contribution in [2.45, 2.75) is 51.7 Å². The molecule has 18 heavy (non-hydrogen) atoms. The zero-order chi connectivity index (χ0) is 13.9. The van der Waals surface area contributed by atoms with Crippen molar-refractivity contribution in [3.63, 3.8) is 0 Å². The molecule has 1 rings (SSSR count). The molecule has 1 atom stereocenters. The first-order chi connectivity index (χ1) is 8.34. The second kappa shape index (κ2) is 6.22. The molecule has 0 spiro atoms. The van der Waals surface area contributed by atoms with Crippen LogP contribution in [0.25, 0.3) is 0 Å². The van der Waals surface area contributed by atoms with Gasteiger partial charge in [-0.15, -0.1) is 10.2 Å². The third-order valence-electron chi connectivity index (χ3n) is 2.94. The highest BCUT2D eigenvalue weighted by Gasteiger charge is 2.22. The van der Waals surface area contributed by atoms with Gasteiger partial charge in [-0.05, 0) is 19.8 Å². The van der Waals surface area contributed by atoms with Gasteiger partial charge in [-0.3, -0.25) is 4.79 Å². The van der Waals surface area contributed by atoms with E-state index in [2.05, 4.69) is 44.8 Å². The van der Waals surface area contributed by atoms with Crippen molar-refractivity contribution in [2.75, 3.05) is 5.75 Å². The smallest absolute Gasteiger partial charge is 0.313 e. The summed E-state index contributed by atoms with van der Waals surface area (Å²) in [7, 11) is 0. The fourth-order valence-electron chi connectivity index (χ4n) is 1.61. The topological polar surface area (TPSA) is 68.0 Å². The van der Waals surface area contributed by atoms with Gasteiger partial charge >= 0.3 is 5.97 Å². The number of hydrogen-bond acceptors (Lipinski definition) is 4. The van der Waals surface area contributed by atoms with E-state index in [1.807, 2.05) is 4.57 Å². The minimum absolute atomic E-state index is 0.0148. The van der Waals surface area contributed by atoms with Crippen molar-refractivity contribution in [1.82, 2.24) is 14.8 Å². The zero-order valence-electron chi connectivity index (χ0n) is 11.5. The van der Waals surface area contributed by atoms with Gasteiger partial charge in [0.25, 0.3) is 0 Å². The Hall–Kier alpha value is -1.04. The third-order valence-corrected chi connectivity index (χ3v) is 3.87. The SMILES string of the molecule is CC(C)C(C)c1nnc(SCC(=O)O)n1C(C)C. The predicted octanol–water partition coefficient (Wildman–Crippen LogP) is 2.80. The van der Waals surface area contributed by atoms with Gasteiger partial charge in [-0.25, -0.2) is 0 Å². The van der Waals surface area contributed by atoms with Crippen LogP contribution in [0.3, 0.4) is 0 Å². The van der Waals surface area contributed by atoms with Crippen LogP contribution in [0.1, 0.15) is 52.4 Å². The van der Waals surface area contributed by atoms with Crippen molar-refractivity contribution in [3.8, 4) is 0 Å². The number of carboxylic acids is 1. The first-order valence-corrected chi connectivity index (χ1v) is 7.12. The van der Waals surface area contributed by atoms with E-state index in [4.69, 9.17) is 5.11 Å². The predicted molar refractivity (Wildman–Crippen MR) is 72.0 cm³/mol. The van der Waals surface area contributed by atoms with Crippen LogP contribution in [0.4, 0.5) is 0 Å². The molecule has 0 radical (unpaired) electrons. The Morgan fingerprint density at radius 3 is 2.33 bits per heavy atom. The molecule has 5 nitrogen and oxygen atoms in total. The lowest BCUT2D eigenvalue weighted by atomic mass is 9.97. The second-order valence-corrected chi connectivity index (χ2v) is 5.96. The lowest BCUT2D eigenvalue weighted by Crippen LogP contribution is -2.14. The van der Waals surface area contributed by atoms with Crippen LogP contribution in [0, 0.1) is 5.92 Å². The molecule has 0 bridgehead atoms. The number of rotatable bonds is 6. The lowest BCUT2D eigenvalue weighted by Gasteiger charge is -2.19. The zero-order valence-corrected chi connectivity index (χ0v) is 12.4. The Morgan fingerprint density at radius 1 is 1.28 bits per heavy atom. The van der Waals surface area contributed by atoms with Crippen LogP contribution in [-0.2, 0) is 4.79 Å². The van der Waals surface area contributed by atoms with Crippen molar-refractivity contribution in [3.05, 3.63) is 5.82 Å². The fraction of sp³-hybridized carbons (Fsp3) is 0.750. The van der Waals surface area contributed by atoms with E-state index in [-0.39, 0.29) is 11.8 Å². The largest absolute Gasteiger partial charge is 0.481 e. The molecular formula is C12H21N3O2S. The standard InChI is InChI=1S/C12H21N3O2S/c1-7(2)9(5)11-13-14-12(15(11)8(3)4)18-6-10(16)17/h7-9H,6H2,1-5H3,(H,16,17). The summed E-state index contributed by atoms with van der Waals surface area (Å²) >= 11 is 1.22. The van der Waals surface area contributed by atoms with E-state index in [1.165, 1.54) is 11.8 Å². The minimum Gasteiger partial charge on any atom is -0.481 e. The molecule has 1 aromatic rings. The summed E-state index contributed by atoms with van der Waals surface area (Å²) in [6, 6.07) is 0.229. The van der Waals surface area contributed by atoms with E-state index in [1.54, 1.807) is 0 Å². The van der Waals surface area contributed by atoms with Gasteiger partial charge in [0.1, 0.15) is 5.82 Å². The van der Waals surface area contributed by atoms with Gasteiger partial charge in [0.15, 0.2) is 5.16 Å². The second-order valence-electron chi connectivity index (χ2n) is 5.02. The van der Waals surface area contributed by atoms with Crippen LogP contribution in [0.5, 0.6) is 0 Å². The fourth-order valence-corrected chi connectivity index (χ4v) is 2.40. The van der Waals surface area contributed by atoms with Crippen molar-refractivity contribution in [2.24, 2.45) is 5.92 Å². The van der Waals surface area contributed by atoms with E-state index in [0.717, 1.165) is 5.82 Å². The normalized spacial score (nSPS) is 13.3. The van der Waals surface area contributed by atoms with E-state index < -0.39 is 5.97 Å². The van der Waals surface area contributed by atoms with Gasteiger partial charge in [0.05, 0.1) is 5.75 Å². The first-order valence-electron chi connectivity index (χ1n) is 6.14. The highest BCUT2D eigenvalue weighted by molar-refractivity contribution is 7.99. The molecule has 0 aliphatic heterocycles.